The molecule has 0 aliphatic rings. The van der Waals surface area contributed by atoms with Gasteiger partial charge >= 0.3 is 0 Å². The first kappa shape index (κ1) is 11.9. The maximum atomic E-state index is 5.90. The van der Waals surface area contributed by atoms with Crippen LogP contribution in [0.25, 0.3) is 0 Å². The minimum atomic E-state index is 0.360. The molecule has 0 amide bonds. The van der Waals surface area contributed by atoms with Crippen molar-refractivity contribution in [3.8, 4) is 0 Å². The number of rotatable bonds is 3. The normalized spacial score (nSPS) is 11.1. The highest BCUT2D eigenvalue weighted by Crippen LogP contribution is 2.18. The fourth-order valence-corrected chi connectivity index (χ4v) is 1.77. The van der Waals surface area contributed by atoms with E-state index in [0.29, 0.717) is 23.3 Å². The highest BCUT2D eigenvalue weighted by molar-refractivity contribution is 6.30. The van der Waals surface area contributed by atoms with E-state index in [-0.39, 0.29) is 0 Å². The third kappa shape index (κ3) is 2.77. The van der Waals surface area contributed by atoms with E-state index in [1.165, 1.54) is 0 Å². The molecule has 2 rings (SSSR count). The lowest BCUT2D eigenvalue weighted by molar-refractivity contribution is 0.527. The molecule has 4 nitrogen and oxygen atoms in total. The fourth-order valence-electron chi connectivity index (χ4n) is 1.59. The molecule has 2 aromatic heterocycles. The predicted molar refractivity (Wildman–Crippen MR) is 69.1 cm³/mol. The van der Waals surface area contributed by atoms with Crippen LogP contribution < -0.4 is 5.73 Å². The number of halogens is 1. The van der Waals surface area contributed by atoms with E-state index in [1.54, 1.807) is 6.20 Å². The molecule has 17 heavy (non-hydrogen) atoms. The molecule has 0 aromatic carbocycles. The number of nitrogens with two attached hydrogens (primary N) is 1. The average molecular weight is 251 g/mol. The molecule has 2 N–H and O–H groups in total. The molecule has 90 valence electrons. The lowest BCUT2D eigenvalue weighted by Crippen LogP contribution is -2.03. The maximum Gasteiger partial charge on any atom is 0.127 e. The Morgan fingerprint density at radius 2 is 2.24 bits per heavy atom. The maximum absolute atomic E-state index is 5.90. The molecule has 0 saturated carbocycles. The van der Waals surface area contributed by atoms with Crippen molar-refractivity contribution in [2.75, 3.05) is 5.73 Å². The molecule has 0 aliphatic carbocycles. The summed E-state index contributed by atoms with van der Waals surface area (Å²) in [4.78, 5) is 4.03. The van der Waals surface area contributed by atoms with Crippen LogP contribution >= 0.6 is 11.6 Å². The SMILES string of the molecule is CC(C)n1ccc(Cc2cc(Cl)cnc2N)n1. The Bertz CT molecular complexity index is 519. The van der Waals surface area contributed by atoms with Gasteiger partial charge < -0.3 is 5.73 Å². The number of hydrogen-bond donors (Lipinski definition) is 1. The van der Waals surface area contributed by atoms with Crippen molar-refractivity contribution in [1.29, 1.82) is 0 Å². The standard InChI is InChI=1S/C12H15ClN4/c1-8(2)17-4-3-11(16-17)6-9-5-10(13)7-15-12(9)14/h3-5,7-8H,6H2,1-2H3,(H2,14,15). The van der Waals surface area contributed by atoms with Crippen molar-refractivity contribution in [1.82, 2.24) is 14.8 Å². The Labute approximate surface area is 105 Å². The largest absolute Gasteiger partial charge is 0.383 e. The Hall–Kier alpha value is -1.55. The second-order valence-electron chi connectivity index (χ2n) is 4.26. The first-order valence-corrected chi connectivity index (χ1v) is 5.88. The smallest absolute Gasteiger partial charge is 0.127 e. The van der Waals surface area contributed by atoms with Crippen molar-refractivity contribution < 1.29 is 0 Å². The van der Waals surface area contributed by atoms with Gasteiger partial charge in [-0.15, -0.1) is 0 Å². The molecular formula is C12H15ClN4. The van der Waals surface area contributed by atoms with E-state index in [0.717, 1.165) is 11.3 Å². The second-order valence-corrected chi connectivity index (χ2v) is 4.69. The van der Waals surface area contributed by atoms with E-state index in [2.05, 4.69) is 23.9 Å². The molecular weight excluding hydrogens is 236 g/mol. The molecule has 0 unspecified atom stereocenters. The van der Waals surface area contributed by atoms with Crippen LogP contribution in [0.2, 0.25) is 5.02 Å². The van der Waals surface area contributed by atoms with Crippen LogP contribution in [0.15, 0.2) is 24.5 Å². The summed E-state index contributed by atoms with van der Waals surface area (Å²) < 4.78 is 1.92. The lowest BCUT2D eigenvalue weighted by atomic mass is 10.1. The zero-order valence-electron chi connectivity index (χ0n) is 9.89. The topological polar surface area (TPSA) is 56.7 Å². The number of anilines is 1. The van der Waals surface area contributed by atoms with E-state index >= 15 is 0 Å². The van der Waals surface area contributed by atoms with Crippen molar-refractivity contribution in [2.45, 2.75) is 26.3 Å². The second kappa shape index (κ2) is 4.75. The third-order valence-electron chi connectivity index (χ3n) is 2.53. The van der Waals surface area contributed by atoms with Crippen molar-refractivity contribution >= 4 is 17.4 Å². The third-order valence-corrected chi connectivity index (χ3v) is 2.74. The molecule has 5 heteroatoms. The Balaban J connectivity index is 2.22. The van der Waals surface area contributed by atoms with Gasteiger partial charge in [0.2, 0.25) is 0 Å². The summed E-state index contributed by atoms with van der Waals surface area (Å²) in [6.07, 6.45) is 4.17. The molecule has 2 heterocycles. The van der Waals surface area contributed by atoms with Gasteiger partial charge in [-0.3, -0.25) is 4.68 Å². The summed E-state index contributed by atoms with van der Waals surface area (Å²) in [5.74, 6) is 0.508. The first-order valence-electron chi connectivity index (χ1n) is 5.50. The van der Waals surface area contributed by atoms with Crippen LogP contribution in [0.3, 0.4) is 0 Å². The van der Waals surface area contributed by atoms with Gasteiger partial charge in [0.25, 0.3) is 0 Å². The average Bonchev–Trinajstić information content (AvgIpc) is 2.72. The van der Waals surface area contributed by atoms with Crippen LogP contribution in [-0.2, 0) is 6.42 Å². The van der Waals surface area contributed by atoms with Crippen molar-refractivity contribution in [3.05, 3.63) is 40.8 Å². The van der Waals surface area contributed by atoms with Crippen LogP contribution in [-0.4, -0.2) is 14.8 Å². The number of aromatic nitrogens is 3. The molecule has 0 spiro atoms. The van der Waals surface area contributed by atoms with Crippen LogP contribution in [0.5, 0.6) is 0 Å². The van der Waals surface area contributed by atoms with E-state index in [4.69, 9.17) is 17.3 Å². The van der Waals surface area contributed by atoms with Crippen molar-refractivity contribution in [2.24, 2.45) is 0 Å². The highest BCUT2D eigenvalue weighted by Gasteiger charge is 2.07. The molecule has 0 fully saturated rings. The summed E-state index contributed by atoms with van der Waals surface area (Å²) in [7, 11) is 0. The molecule has 0 saturated heterocycles. The summed E-state index contributed by atoms with van der Waals surface area (Å²) in [5, 5.41) is 5.06. The van der Waals surface area contributed by atoms with Crippen LogP contribution in [0, 0.1) is 0 Å². The summed E-state index contributed by atoms with van der Waals surface area (Å²) in [5.41, 5.74) is 7.68. The van der Waals surface area contributed by atoms with Crippen LogP contribution in [0.1, 0.15) is 31.1 Å². The van der Waals surface area contributed by atoms with Gasteiger partial charge in [0.1, 0.15) is 5.82 Å². The van der Waals surface area contributed by atoms with Gasteiger partial charge in [0.15, 0.2) is 0 Å². The zero-order valence-corrected chi connectivity index (χ0v) is 10.6. The Kier molecular flexibility index (Phi) is 3.33. The first-order chi connectivity index (χ1) is 8.06. The quantitative estimate of drug-likeness (QED) is 0.911. The summed E-state index contributed by atoms with van der Waals surface area (Å²) in [6.45, 7) is 4.18. The van der Waals surface area contributed by atoms with Crippen molar-refractivity contribution in [3.63, 3.8) is 0 Å². The van der Waals surface area contributed by atoms with Gasteiger partial charge in [-0.1, -0.05) is 11.6 Å². The monoisotopic (exact) mass is 250 g/mol. The lowest BCUT2D eigenvalue weighted by Gasteiger charge is -2.05. The van der Waals surface area contributed by atoms with Gasteiger partial charge in [-0.25, -0.2) is 4.98 Å². The van der Waals surface area contributed by atoms with Gasteiger partial charge in [0.05, 0.1) is 10.7 Å². The van der Waals surface area contributed by atoms with Gasteiger partial charge in [0, 0.05) is 30.4 Å². The van der Waals surface area contributed by atoms with Gasteiger partial charge in [-0.2, -0.15) is 5.10 Å². The molecule has 0 bridgehead atoms. The highest BCUT2D eigenvalue weighted by atomic mass is 35.5. The van der Waals surface area contributed by atoms with E-state index in [9.17, 15) is 0 Å². The fraction of sp³-hybridized carbons (Fsp3) is 0.333. The van der Waals surface area contributed by atoms with E-state index < -0.39 is 0 Å². The number of hydrogen-bond acceptors (Lipinski definition) is 3. The number of nitrogen functional groups attached to an aromatic ring is 1. The summed E-state index contributed by atoms with van der Waals surface area (Å²) >= 11 is 5.90. The zero-order chi connectivity index (χ0) is 12.4. The molecule has 0 atom stereocenters. The predicted octanol–water partition coefficient (Wildman–Crippen LogP) is 2.69. The minimum Gasteiger partial charge on any atom is -0.383 e. The minimum absolute atomic E-state index is 0.360. The van der Waals surface area contributed by atoms with Crippen LogP contribution in [0.4, 0.5) is 5.82 Å². The molecule has 0 radical (unpaired) electrons. The van der Waals surface area contributed by atoms with E-state index in [1.807, 2.05) is 23.0 Å². The number of nitrogens with zero attached hydrogens (tertiary/aromatic N) is 3. The molecule has 2 aromatic rings. The summed E-state index contributed by atoms with van der Waals surface area (Å²) in [6, 6.07) is 4.18. The van der Waals surface area contributed by atoms with Gasteiger partial charge in [-0.05, 0) is 26.0 Å². The molecule has 0 aliphatic heterocycles. The Morgan fingerprint density at radius 3 is 2.88 bits per heavy atom. The Morgan fingerprint density at radius 1 is 1.47 bits per heavy atom. The number of pyridine rings is 1.